The summed E-state index contributed by atoms with van der Waals surface area (Å²) in [7, 11) is 0. The van der Waals surface area contributed by atoms with Crippen molar-refractivity contribution in [2.45, 2.75) is 33.2 Å². The van der Waals surface area contributed by atoms with E-state index in [-0.39, 0.29) is 11.8 Å². The van der Waals surface area contributed by atoms with Crippen LogP contribution in [0.4, 0.5) is 0 Å². The molecule has 6 heteroatoms. The molecule has 0 N–H and O–H groups in total. The van der Waals surface area contributed by atoms with Gasteiger partial charge in [-0.15, -0.1) is 0 Å². The second-order valence-corrected chi connectivity index (χ2v) is 9.41. The lowest BCUT2D eigenvalue weighted by Gasteiger charge is -2.35. The first-order valence-electron chi connectivity index (χ1n) is 12.0. The van der Waals surface area contributed by atoms with Crippen molar-refractivity contribution in [2.24, 2.45) is 0 Å². The number of piperazine rings is 1. The number of aryl methyl sites for hydroxylation is 1. The molecule has 4 aromatic rings. The van der Waals surface area contributed by atoms with Crippen LogP contribution in [-0.2, 0) is 6.54 Å². The first-order valence-corrected chi connectivity index (χ1v) is 12.0. The minimum absolute atomic E-state index is 0.0774. The van der Waals surface area contributed by atoms with Gasteiger partial charge in [-0.25, -0.2) is 4.68 Å². The summed E-state index contributed by atoms with van der Waals surface area (Å²) in [5.74, 6) is 0.261. The Balaban J connectivity index is 1.30. The van der Waals surface area contributed by atoms with E-state index in [9.17, 15) is 4.79 Å². The number of pyridine rings is 1. The maximum atomic E-state index is 13.5. The zero-order valence-corrected chi connectivity index (χ0v) is 20.1. The van der Waals surface area contributed by atoms with Crippen LogP contribution in [0.15, 0.2) is 67.0 Å². The van der Waals surface area contributed by atoms with Crippen molar-refractivity contribution in [3.05, 3.63) is 89.4 Å². The standard InChI is InChI=1S/C28H31N5O/c1-20(2)27-25(18-30-33(27)24-11-9-21(3)10-12-24)28(34)32-16-14-31(15-17-32)19-23-7-4-6-22-8-5-13-29-26(22)23/h4-13,18,20H,14-17,19H2,1-3H3. The number of carbonyl (C=O) groups is 1. The zero-order chi connectivity index (χ0) is 23.7. The molecule has 0 aliphatic carbocycles. The van der Waals surface area contributed by atoms with Gasteiger partial charge in [-0.05, 0) is 36.6 Å². The van der Waals surface area contributed by atoms with Crippen LogP contribution in [0.5, 0.6) is 0 Å². The predicted molar refractivity (Wildman–Crippen MR) is 135 cm³/mol. The van der Waals surface area contributed by atoms with E-state index in [0.717, 1.165) is 36.5 Å². The summed E-state index contributed by atoms with van der Waals surface area (Å²) in [6.45, 7) is 10.3. The molecule has 1 aliphatic heterocycles. The van der Waals surface area contributed by atoms with Crippen LogP contribution in [-0.4, -0.2) is 56.7 Å². The Bertz CT molecular complexity index is 1290. The van der Waals surface area contributed by atoms with Gasteiger partial charge < -0.3 is 4.90 Å². The molecule has 174 valence electrons. The Labute approximate surface area is 200 Å². The van der Waals surface area contributed by atoms with Gasteiger partial charge in [0.1, 0.15) is 0 Å². The molecule has 0 radical (unpaired) electrons. The normalized spacial score (nSPS) is 14.8. The molecule has 0 bridgehead atoms. The average Bonchev–Trinajstić information content (AvgIpc) is 3.30. The highest BCUT2D eigenvalue weighted by atomic mass is 16.2. The Hall–Kier alpha value is -3.51. The molecule has 2 aromatic carbocycles. The van der Waals surface area contributed by atoms with Gasteiger partial charge in [0.25, 0.3) is 5.91 Å². The highest BCUT2D eigenvalue weighted by molar-refractivity contribution is 5.95. The molecule has 5 rings (SSSR count). The molecular formula is C28H31N5O. The molecule has 1 aliphatic rings. The molecule has 1 saturated heterocycles. The topological polar surface area (TPSA) is 54.3 Å². The number of aromatic nitrogens is 3. The first kappa shape index (κ1) is 22.3. The van der Waals surface area contributed by atoms with Crippen LogP contribution in [0.2, 0.25) is 0 Å². The summed E-state index contributed by atoms with van der Waals surface area (Å²) in [6, 6.07) is 18.7. The largest absolute Gasteiger partial charge is 0.336 e. The fraction of sp³-hybridized carbons (Fsp3) is 0.321. The molecule has 34 heavy (non-hydrogen) atoms. The average molecular weight is 454 g/mol. The van der Waals surface area contributed by atoms with Gasteiger partial charge in [0.15, 0.2) is 0 Å². The summed E-state index contributed by atoms with van der Waals surface area (Å²) in [5.41, 5.74) is 6.17. The van der Waals surface area contributed by atoms with E-state index >= 15 is 0 Å². The summed E-state index contributed by atoms with van der Waals surface area (Å²) in [6.07, 6.45) is 3.59. The van der Waals surface area contributed by atoms with Gasteiger partial charge in [0, 0.05) is 44.3 Å². The van der Waals surface area contributed by atoms with E-state index in [1.807, 2.05) is 21.8 Å². The second-order valence-electron chi connectivity index (χ2n) is 9.41. The highest BCUT2D eigenvalue weighted by Crippen LogP contribution is 2.25. The van der Waals surface area contributed by atoms with Crippen molar-refractivity contribution in [1.29, 1.82) is 0 Å². The number of hydrogen-bond donors (Lipinski definition) is 0. The van der Waals surface area contributed by atoms with Crippen LogP contribution >= 0.6 is 0 Å². The third kappa shape index (κ3) is 4.33. The number of hydrogen-bond acceptors (Lipinski definition) is 4. The molecule has 3 heterocycles. The summed E-state index contributed by atoms with van der Waals surface area (Å²) in [4.78, 5) is 22.5. The molecule has 1 amide bonds. The number of rotatable bonds is 5. The Kier molecular flexibility index (Phi) is 6.16. The fourth-order valence-electron chi connectivity index (χ4n) is 4.79. The predicted octanol–water partition coefficient (Wildman–Crippen LogP) is 4.81. The van der Waals surface area contributed by atoms with E-state index in [2.05, 4.69) is 84.3 Å². The van der Waals surface area contributed by atoms with E-state index in [1.165, 1.54) is 16.5 Å². The molecule has 0 saturated carbocycles. The number of carbonyl (C=O) groups excluding carboxylic acids is 1. The fourth-order valence-corrected chi connectivity index (χ4v) is 4.79. The van der Waals surface area contributed by atoms with Gasteiger partial charge in [-0.3, -0.25) is 14.7 Å². The molecule has 1 fully saturated rings. The van der Waals surface area contributed by atoms with Crippen molar-refractivity contribution in [3.8, 4) is 5.69 Å². The Morgan fingerprint density at radius 2 is 1.71 bits per heavy atom. The summed E-state index contributed by atoms with van der Waals surface area (Å²) in [5, 5.41) is 5.77. The van der Waals surface area contributed by atoms with Gasteiger partial charge >= 0.3 is 0 Å². The van der Waals surface area contributed by atoms with Gasteiger partial charge in [-0.1, -0.05) is 55.8 Å². The molecule has 0 spiro atoms. The highest BCUT2D eigenvalue weighted by Gasteiger charge is 2.27. The Morgan fingerprint density at radius 1 is 0.971 bits per heavy atom. The number of amides is 1. The SMILES string of the molecule is Cc1ccc(-n2ncc(C(=O)N3CCN(Cc4cccc5cccnc45)CC3)c2C(C)C)cc1. The quantitative estimate of drug-likeness (QED) is 0.435. The van der Waals surface area contributed by atoms with Gasteiger partial charge in [-0.2, -0.15) is 5.10 Å². The summed E-state index contributed by atoms with van der Waals surface area (Å²) < 4.78 is 1.92. The van der Waals surface area contributed by atoms with Crippen molar-refractivity contribution >= 4 is 16.8 Å². The van der Waals surface area contributed by atoms with Crippen LogP contribution in [0.3, 0.4) is 0 Å². The van der Waals surface area contributed by atoms with Crippen molar-refractivity contribution in [1.82, 2.24) is 24.6 Å². The van der Waals surface area contributed by atoms with Crippen LogP contribution in [0.25, 0.3) is 16.6 Å². The van der Waals surface area contributed by atoms with Gasteiger partial charge in [0.2, 0.25) is 0 Å². The molecular weight excluding hydrogens is 422 g/mol. The lowest BCUT2D eigenvalue weighted by molar-refractivity contribution is 0.0627. The van der Waals surface area contributed by atoms with E-state index < -0.39 is 0 Å². The lowest BCUT2D eigenvalue weighted by Crippen LogP contribution is -2.48. The molecule has 0 unspecified atom stereocenters. The second kappa shape index (κ2) is 9.39. The monoisotopic (exact) mass is 453 g/mol. The number of nitrogens with zero attached hydrogens (tertiary/aromatic N) is 5. The van der Waals surface area contributed by atoms with Crippen LogP contribution in [0.1, 0.15) is 46.9 Å². The van der Waals surface area contributed by atoms with Crippen molar-refractivity contribution in [3.63, 3.8) is 0 Å². The van der Waals surface area contributed by atoms with Crippen LogP contribution in [0, 0.1) is 6.92 Å². The van der Waals surface area contributed by atoms with Crippen LogP contribution < -0.4 is 0 Å². The maximum absolute atomic E-state index is 13.5. The number of para-hydroxylation sites is 1. The summed E-state index contributed by atoms with van der Waals surface area (Å²) >= 11 is 0. The third-order valence-corrected chi connectivity index (χ3v) is 6.63. The molecule has 0 atom stereocenters. The minimum Gasteiger partial charge on any atom is -0.336 e. The molecule has 2 aromatic heterocycles. The lowest BCUT2D eigenvalue weighted by atomic mass is 10.0. The third-order valence-electron chi connectivity index (χ3n) is 6.63. The van der Waals surface area contributed by atoms with Gasteiger partial charge in [0.05, 0.1) is 28.7 Å². The zero-order valence-electron chi connectivity index (χ0n) is 20.1. The smallest absolute Gasteiger partial charge is 0.257 e. The van der Waals surface area contributed by atoms with E-state index in [1.54, 1.807) is 6.20 Å². The molecule has 6 nitrogen and oxygen atoms in total. The van der Waals surface area contributed by atoms with E-state index in [0.29, 0.717) is 18.7 Å². The minimum atomic E-state index is 0.0774. The van der Waals surface area contributed by atoms with E-state index in [4.69, 9.17) is 0 Å². The van der Waals surface area contributed by atoms with Crippen molar-refractivity contribution in [2.75, 3.05) is 26.2 Å². The van der Waals surface area contributed by atoms with Crippen molar-refractivity contribution < 1.29 is 4.79 Å². The maximum Gasteiger partial charge on any atom is 0.257 e. The number of benzene rings is 2. The first-order chi connectivity index (χ1) is 16.5. The number of fused-ring (bicyclic) bond motifs is 1. The Morgan fingerprint density at radius 3 is 2.44 bits per heavy atom.